The average molecular weight is 318 g/mol. The summed E-state index contributed by atoms with van der Waals surface area (Å²) in [5, 5.41) is 0. The van der Waals surface area contributed by atoms with E-state index in [1.165, 1.54) is 12.1 Å². The predicted octanol–water partition coefficient (Wildman–Crippen LogP) is 3.68. The van der Waals surface area contributed by atoms with Crippen LogP contribution in [0.1, 0.15) is 44.1 Å². The van der Waals surface area contributed by atoms with E-state index in [1.54, 1.807) is 12.1 Å². The summed E-state index contributed by atoms with van der Waals surface area (Å²) in [6.07, 6.45) is 1.77. The second-order valence-corrected chi connectivity index (χ2v) is 7.01. The van der Waals surface area contributed by atoms with Crippen LogP contribution in [0.25, 0.3) is 0 Å². The van der Waals surface area contributed by atoms with Gasteiger partial charge in [-0.2, -0.15) is 0 Å². The van der Waals surface area contributed by atoms with E-state index in [4.69, 9.17) is 9.15 Å². The third-order valence-corrected chi connectivity index (χ3v) is 4.04. The van der Waals surface area contributed by atoms with Gasteiger partial charge >= 0.3 is 0 Å². The van der Waals surface area contributed by atoms with E-state index < -0.39 is 0 Å². The van der Waals surface area contributed by atoms with Crippen molar-refractivity contribution in [1.82, 2.24) is 9.88 Å². The van der Waals surface area contributed by atoms with E-state index in [9.17, 15) is 4.39 Å². The van der Waals surface area contributed by atoms with Gasteiger partial charge in [-0.05, 0) is 17.7 Å². The molecule has 124 valence electrons. The van der Waals surface area contributed by atoms with Crippen LogP contribution in [-0.2, 0) is 16.7 Å². The first-order valence-electron chi connectivity index (χ1n) is 7.96. The number of nitrogens with zero attached hydrogens (tertiary/aromatic N) is 2. The zero-order valence-corrected chi connectivity index (χ0v) is 13.9. The molecule has 0 unspecified atom stereocenters. The van der Waals surface area contributed by atoms with E-state index >= 15 is 0 Å². The number of benzene rings is 1. The molecule has 0 N–H and O–H groups in total. The molecule has 4 nitrogen and oxygen atoms in total. The molecule has 1 aromatic heterocycles. The van der Waals surface area contributed by atoms with Gasteiger partial charge in [-0.1, -0.05) is 32.9 Å². The molecule has 0 amide bonds. The fourth-order valence-electron chi connectivity index (χ4n) is 2.65. The molecule has 23 heavy (non-hydrogen) atoms. The van der Waals surface area contributed by atoms with Crippen molar-refractivity contribution in [2.75, 3.05) is 19.7 Å². The zero-order chi connectivity index (χ0) is 16.4. The molecule has 1 saturated heterocycles. The molecule has 1 aliphatic heterocycles. The first-order chi connectivity index (χ1) is 10.9. The maximum absolute atomic E-state index is 13.0. The van der Waals surface area contributed by atoms with Crippen LogP contribution in [0.4, 0.5) is 4.39 Å². The lowest BCUT2D eigenvalue weighted by Crippen LogP contribution is -2.37. The van der Waals surface area contributed by atoms with Crippen LogP contribution < -0.4 is 0 Å². The molecule has 3 rings (SSSR count). The molecule has 0 bridgehead atoms. The van der Waals surface area contributed by atoms with E-state index in [0.717, 1.165) is 30.3 Å². The van der Waals surface area contributed by atoms with Gasteiger partial charge in [0.25, 0.3) is 0 Å². The first-order valence-corrected chi connectivity index (χ1v) is 7.96. The maximum atomic E-state index is 13.0. The van der Waals surface area contributed by atoms with Gasteiger partial charge in [0.05, 0.1) is 25.5 Å². The second-order valence-electron chi connectivity index (χ2n) is 7.01. The normalized spacial score (nSPS) is 19.9. The summed E-state index contributed by atoms with van der Waals surface area (Å²) >= 11 is 0. The summed E-state index contributed by atoms with van der Waals surface area (Å²) in [5.41, 5.74) is 0.964. The van der Waals surface area contributed by atoms with Crippen molar-refractivity contribution < 1.29 is 13.5 Å². The second kappa shape index (κ2) is 6.42. The Bertz CT molecular complexity index is 646. The van der Waals surface area contributed by atoms with Crippen LogP contribution in [-0.4, -0.2) is 29.6 Å². The molecule has 2 aromatic rings. The van der Waals surface area contributed by atoms with Crippen molar-refractivity contribution in [1.29, 1.82) is 0 Å². The molecule has 5 heteroatoms. The highest BCUT2D eigenvalue weighted by molar-refractivity contribution is 5.19. The topological polar surface area (TPSA) is 38.5 Å². The summed E-state index contributed by atoms with van der Waals surface area (Å²) in [7, 11) is 0. The Kier molecular flexibility index (Phi) is 4.50. The van der Waals surface area contributed by atoms with Gasteiger partial charge in [-0.15, -0.1) is 0 Å². The predicted molar refractivity (Wildman–Crippen MR) is 85.6 cm³/mol. The lowest BCUT2D eigenvalue weighted by atomic mass is 9.94. The Morgan fingerprint density at radius 2 is 2.00 bits per heavy atom. The van der Waals surface area contributed by atoms with Crippen molar-refractivity contribution in [3.63, 3.8) is 0 Å². The van der Waals surface area contributed by atoms with Crippen molar-refractivity contribution in [2.45, 2.75) is 38.8 Å². The highest BCUT2D eigenvalue weighted by Crippen LogP contribution is 2.25. The first kappa shape index (κ1) is 16.1. The summed E-state index contributed by atoms with van der Waals surface area (Å²) in [6.45, 7) is 9.22. The molecule has 1 aliphatic rings. The Morgan fingerprint density at radius 3 is 2.65 bits per heavy atom. The molecule has 0 aliphatic carbocycles. The maximum Gasteiger partial charge on any atom is 0.208 e. The number of morpholine rings is 1. The molecule has 2 heterocycles. The Morgan fingerprint density at radius 1 is 1.26 bits per heavy atom. The van der Waals surface area contributed by atoms with Crippen molar-refractivity contribution in [3.05, 3.63) is 53.5 Å². The van der Waals surface area contributed by atoms with Gasteiger partial charge in [0.1, 0.15) is 11.6 Å². The third-order valence-electron chi connectivity index (χ3n) is 4.04. The van der Waals surface area contributed by atoms with Crippen molar-refractivity contribution >= 4 is 0 Å². The molecular formula is C18H23FN2O2. The molecule has 0 radical (unpaired) electrons. The number of aromatic nitrogens is 1. The fourth-order valence-corrected chi connectivity index (χ4v) is 2.65. The lowest BCUT2D eigenvalue weighted by molar-refractivity contribution is -0.0353. The average Bonchev–Trinajstić information content (AvgIpc) is 2.97. The third kappa shape index (κ3) is 3.98. The van der Waals surface area contributed by atoms with Gasteiger partial charge in [0, 0.05) is 18.5 Å². The minimum atomic E-state index is -0.226. The van der Waals surface area contributed by atoms with E-state index in [0.29, 0.717) is 13.2 Å². The number of hydrogen-bond donors (Lipinski definition) is 0. The standard InChI is InChI=1S/C18H23FN2O2/c1-18(2,3)16-10-20-17(23-16)12-21-8-9-22-15(11-21)13-4-6-14(19)7-5-13/h4-7,10,15H,8-9,11-12H2,1-3H3/t15-/m0/s1. The minimum Gasteiger partial charge on any atom is -0.444 e. The summed E-state index contributed by atoms with van der Waals surface area (Å²) in [5.74, 6) is 1.40. The zero-order valence-electron chi connectivity index (χ0n) is 13.9. The van der Waals surface area contributed by atoms with Crippen molar-refractivity contribution in [2.24, 2.45) is 0 Å². The largest absolute Gasteiger partial charge is 0.444 e. The van der Waals surface area contributed by atoms with Crippen LogP contribution in [0.15, 0.2) is 34.9 Å². The molecule has 0 spiro atoms. The number of hydrogen-bond acceptors (Lipinski definition) is 4. The van der Waals surface area contributed by atoms with Crippen LogP contribution in [0, 0.1) is 5.82 Å². The molecular weight excluding hydrogens is 295 g/mol. The Labute approximate surface area is 136 Å². The fraction of sp³-hybridized carbons (Fsp3) is 0.500. The summed E-state index contributed by atoms with van der Waals surface area (Å²) in [4.78, 5) is 6.65. The Hall–Kier alpha value is -1.72. The lowest BCUT2D eigenvalue weighted by Gasteiger charge is -2.32. The van der Waals surface area contributed by atoms with Gasteiger partial charge in [-0.25, -0.2) is 9.37 Å². The van der Waals surface area contributed by atoms with Gasteiger partial charge < -0.3 is 9.15 Å². The van der Waals surface area contributed by atoms with Gasteiger partial charge in [0.15, 0.2) is 0 Å². The van der Waals surface area contributed by atoms with Gasteiger partial charge in [-0.3, -0.25) is 4.90 Å². The van der Waals surface area contributed by atoms with Gasteiger partial charge in [0.2, 0.25) is 5.89 Å². The van der Waals surface area contributed by atoms with Crippen LogP contribution in [0.3, 0.4) is 0 Å². The number of halogens is 1. The van der Waals surface area contributed by atoms with Crippen LogP contribution in [0.5, 0.6) is 0 Å². The number of ether oxygens (including phenoxy) is 1. The van der Waals surface area contributed by atoms with E-state index in [2.05, 4.69) is 30.7 Å². The molecule has 0 saturated carbocycles. The quantitative estimate of drug-likeness (QED) is 0.865. The minimum absolute atomic E-state index is 0.0348. The number of rotatable bonds is 3. The SMILES string of the molecule is CC(C)(C)c1cnc(CN2CCO[C@H](c3ccc(F)cc3)C2)o1. The summed E-state index contributed by atoms with van der Waals surface area (Å²) in [6, 6.07) is 6.52. The summed E-state index contributed by atoms with van der Waals surface area (Å²) < 4.78 is 24.7. The van der Waals surface area contributed by atoms with Crippen molar-refractivity contribution in [3.8, 4) is 0 Å². The highest BCUT2D eigenvalue weighted by Gasteiger charge is 2.24. The molecule has 1 atom stereocenters. The van der Waals surface area contributed by atoms with E-state index in [1.807, 2.05) is 6.20 Å². The molecule has 1 fully saturated rings. The monoisotopic (exact) mass is 318 g/mol. The molecule has 1 aromatic carbocycles. The van der Waals surface area contributed by atoms with E-state index in [-0.39, 0.29) is 17.3 Å². The number of oxazole rings is 1. The van der Waals surface area contributed by atoms with Crippen LogP contribution in [0.2, 0.25) is 0 Å². The smallest absolute Gasteiger partial charge is 0.208 e. The van der Waals surface area contributed by atoms with Crippen LogP contribution >= 0.6 is 0 Å². The highest BCUT2D eigenvalue weighted by atomic mass is 19.1. The Balaban J connectivity index is 1.64.